The van der Waals surface area contributed by atoms with Crippen LogP contribution in [-0.2, 0) is 23.8 Å². The quantitative estimate of drug-likeness (QED) is 0.310. The standard InChI is InChI=1S/C28H45N11O6/c1-33-6-7-38(20-21(33)40)25-23-22(29-27(32-25)36(16-18-42-2)17-19-43-3)24(34-12-14-39(45-5)15-13-34)31-26(30-23)35-8-10-37(11-9-35)28(41)44-4/h6-20H2,1-5H3. The molecule has 0 unspecified atom stereocenters. The van der Waals surface area contributed by atoms with Gasteiger partial charge in [0.25, 0.3) is 0 Å². The van der Waals surface area contributed by atoms with Crippen LogP contribution in [0.15, 0.2) is 0 Å². The van der Waals surface area contributed by atoms with E-state index < -0.39 is 0 Å². The summed E-state index contributed by atoms with van der Waals surface area (Å²) >= 11 is 0. The third-order valence-electron chi connectivity index (χ3n) is 8.45. The lowest BCUT2D eigenvalue weighted by molar-refractivity contribution is -0.133. The van der Waals surface area contributed by atoms with Gasteiger partial charge in [0, 0.05) is 99.8 Å². The Bertz CT molecular complexity index is 1310. The molecule has 3 aliphatic heterocycles. The van der Waals surface area contributed by atoms with Crippen LogP contribution in [0.4, 0.5) is 28.3 Å². The molecule has 17 heteroatoms. The molecule has 2 aromatic rings. The molecule has 0 N–H and O–H groups in total. The normalized spacial score (nSPS) is 18.2. The summed E-state index contributed by atoms with van der Waals surface area (Å²) in [5.74, 6) is 2.33. The molecule has 3 fully saturated rings. The molecule has 0 aliphatic carbocycles. The first-order chi connectivity index (χ1) is 21.9. The molecule has 0 spiro atoms. The fraction of sp³-hybridized carbons (Fsp3) is 0.714. The third kappa shape index (κ3) is 7.37. The highest BCUT2D eigenvalue weighted by Crippen LogP contribution is 2.34. The number of hydrogen-bond acceptors (Lipinski definition) is 15. The lowest BCUT2D eigenvalue weighted by Gasteiger charge is -2.37. The van der Waals surface area contributed by atoms with Crippen LogP contribution >= 0.6 is 0 Å². The molecule has 2 aromatic heterocycles. The summed E-state index contributed by atoms with van der Waals surface area (Å²) in [6.07, 6.45) is -0.347. The predicted molar refractivity (Wildman–Crippen MR) is 168 cm³/mol. The maximum Gasteiger partial charge on any atom is 0.409 e. The minimum absolute atomic E-state index is 0.00862. The monoisotopic (exact) mass is 631 g/mol. The lowest BCUT2D eigenvalue weighted by Crippen LogP contribution is -2.50. The first kappa shape index (κ1) is 32.6. The number of methoxy groups -OCH3 is 3. The number of aromatic nitrogens is 4. The summed E-state index contributed by atoms with van der Waals surface area (Å²) in [6.45, 7) is 8.20. The van der Waals surface area contributed by atoms with Gasteiger partial charge in [-0.15, -0.1) is 0 Å². The van der Waals surface area contributed by atoms with Crippen molar-refractivity contribution in [1.29, 1.82) is 0 Å². The Morgan fingerprint density at radius 2 is 1.33 bits per heavy atom. The maximum atomic E-state index is 12.9. The topological polar surface area (TPSA) is 145 Å². The van der Waals surface area contributed by atoms with E-state index in [1.54, 1.807) is 31.1 Å². The van der Waals surface area contributed by atoms with E-state index in [1.807, 2.05) is 21.9 Å². The number of hydrogen-bond donors (Lipinski definition) is 0. The van der Waals surface area contributed by atoms with E-state index in [0.717, 1.165) is 0 Å². The van der Waals surface area contributed by atoms with Crippen LogP contribution in [0.5, 0.6) is 0 Å². The van der Waals surface area contributed by atoms with Crippen molar-refractivity contribution < 1.29 is 28.6 Å². The number of nitrogens with zero attached hydrogens (tertiary/aromatic N) is 11. The predicted octanol–water partition coefficient (Wildman–Crippen LogP) is -0.631. The van der Waals surface area contributed by atoms with Gasteiger partial charge in [-0.3, -0.25) is 4.79 Å². The highest BCUT2D eigenvalue weighted by molar-refractivity contribution is 5.96. The summed E-state index contributed by atoms with van der Waals surface area (Å²) in [6, 6.07) is 0. The average molecular weight is 632 g/mol. The van der Waals surface area contributed by atoms with Gasteiger partial charge in [-0.1, -0.05) is 0 Å². The Balaban J connectivity index is 1.64. The number of carbonyl (C=O) groups is 2. The molecule has 5 rings (SSSR count). The first-order valence-corrected chi connectivity index (χ1v) is 15.3. The van der Waals surface area contributed by atoms with Crippen molar-refractivity contribution in [3.05, 3.63) is 0 Å². The highest BCUT2D eigenvalue weighted by atomic mass is 16.7. The zero-order valence-corrected chi connectivity index (χ0v) is 27.0. The molecule has 0 atom stereocenters. The Hall–Kier alpha value is -3.80. The molecule has 248 valence electrons. The zero-order chi connectivity index (χ0) is 31.9. The van der Waals surface area contributed by atoms with E-state index in [2.05, 4.69) is 9.80 Å². The number of carbonyl (C=O) groups excluding carboxylic acids is 2. The molecular weight excluding hydrogens is 586 g/mol. The molecule has 45 heavy (non-hydrogen) atoms. The molecule has 17 nitrogen and oxygen atoms in total. The summed E-state index contributed by atoms with van der Waals surface area (Å²) in [4.78, 5) is 62.6. The van der Waals surface area contributed by atoms with Crippen molar-refractivity contribution in [1.82, 2.24) is 34.8 Å². The second kappa shape index (κ2) is 15.0. The van der Waals surface area contributed by atoms with Crippen molar-refractivity contribution in [3.63, 3.8) is 0 Å². The number of hydroxylamine groups is 2. The van der Waals surface area contributed by atoms with Gasteiger partial charge in [0.05, 0.1) is 34.0 Å². The van der Waals surface area contributed by atoms with Gasteiger partial charge >= 0.3 is 6.09 Å². The number of anilines is 4. The first-order valence-electron chi connectivity index (χ1n) is 15.3. The van der Waals surface area contributed by atoms with Gasteiger partial charge in [0.1, 0.15) is 11.0 Å². The summed E-state index contributed by atoms with van der Waals surface area (Å²) < 4.78 is 15.7. The Labute approximate surface area is 263 Å². The van der Waals surface area contributed by atoms with E-state index in [4.69, 9.17) is 39.0 Å². The van der Waals surface area contributed by atoms with E-state index in [0.29, 0.717) is 126 Å². The van der Waals surface area contributed by atoms with Gasteiger partial charge in [0.15, 0.2) is 11.6 Å². The summed E-state index contributed by atoms with van der Waals surface area (Å²) in [7, 11) is 8.21. The van der Waals surface area contributed by atoms with E-state index in [-0.39, 0.29) is 18.5 Å². The molecule has 0 radical (unpaired) electrons. The summed E-state index contributed by atoms with van der Waals surface area (Å²) in [5.41, 5.74) is 1.20. The Morgan fingerprint density at radius 1 is 0.733 bits per heavy atom. The largest absolute Gasteiger partial charge is 0.453 e. The molecule has 2 amide bonds. The highest BCUT2D eigenvalue weighted by Gasteiger charge is 2.31. The van der Waals surface area contributed by atoms with Gasteiger partial charge in [-0.05, 0) is 0 Å². The number of rotatable bonds is 11. The number of piperazine rings is 3. The van der Waals surface area contributed by atoms with Crippen LogP contribution in [0, 0.1) is 0 Å². The Morgan fingerprint density at radius 3 is 1.93 bits per heavy atom. The van der Waals surface area contributed by atoms with E-state index in [1.165, 1.54) is 7.11 Å². The number of fused-ring (bicyclic) bond motifs is 1. The number of ether oxygens (including phenoxy) is 3. The SMILES string of the molecule is COCCN(CCOC)c1nc(N2CCN(C)C(=O)C2)c2nc(N3CCN(C(=O)OC)CC3)nc(N3CCN(OC)CC3)c2n1. The molecule has 3 saturated heterocycles. The van der Waals surface area contributed by atoms with Crippen LogP contribution in [0.25, 0.3) is 11.0 Å². The van der Waals surface area contributed by atoms with Gasteiger partial charge < -0.3 is 48.4 Å². The van der Waals surface area contributed by atoms with E-state index >= 15 is 0 Å². The van der Waals surface area contributed by atoms with Crippen molar-refractivity contribution in [2.75, 3.05) is 153 Å². The van der Waals surface area contributed by atoms with Crippen LogP contribution in [0.3, 0.4) is 0 Å². The van der Waals surface area contributed by atoms with Gasteiger partial charge in [-0.25, -0.2) is 14.8 Å². The molecule has 0 bridgehead atoms. The second-order valence-electron chi connectivity index (χ2n) is 11.1. The lowest BCUT2D eigenvalue weighted by atomic mass is 10.2. The van der Waals surface area contributed by atoms with Crippen molar-refractivity contribution in [3.8, 4) is 0 Å². The fourth-order valence-electron chi connectivity index (χ4n) is 5.64. The van der Waals surface area contributed by atoms with Crippen molar-refractivity contribution >= 4 is 46.6 Å². The minimum atomic E-state index is -0.347. The maximum absolute atomic E-state index is 12.9. The molecular formula is C28H45N11O6. The van der Waals surface area contributed by atoms with Crippen molar-refractivity contribution in [2.24, 2.45) is 0 Å². The smallest absolute Gasteiger partial charge is 0.409 e. The Kier molecular flexibility index (Phi) is 10.9. The van der Waals surface area contributed by atoms with Crippen molar-refractivity contribution in [2.45, 2.75) is 0 Å². The van der Waals surface area contributed by atoms with Crippen LogP contribution in [-0.4, -0.2) is 181 Å². The van der Waals surface area contributed by atoms with Crippen LogP contribution in [0.1, 0.15) is 0 Å². The van der Waals surface area contributed by atoms with Gasteiger partial charge in [0.2, 0.25) is 17.8 Å². The zero-order valence-electron chi connectivity index (χ0n) is 27.0. The van der Waals surface area contributed by atoms with Gasteiger partial charge in [-0.2, -0.15) is 15.0 Å². The fourth-order valence-corrected chi connectivity index (χ4v) is 5.64. The van der Waals surface area contributed by atoms with E-state index in [9.17, 15) is 9.59 Å². The van der Waals surface area contributed by atoms with Crippen LogP contribution in [0.2, 0.25) is 0 Å². The molecule has 3 aliphatic rings. The average Bonchev–Trinajstić information content (AvgIpc) is 3.08. The minimum Gasteiger partial charge on any atom is -0.453 e. The third-order valence-corrected chi connectivity index (χ3v) is 8.45. The molecule has 5 heterocycles. The number of likely N-dealkylation sites (N-methyl/N-ethyl adjacent to an activating group) is 1. The summed E-state index contributed by atoms with van der Waals surface area (Å²) in [5, 5.41) is 1.92. The second-order valence-corrected chi connectivity index (χ2v) is 11.1. The van der Waals surface area contributed by atoms with Crippen LogP contribution < -0.4 is 19.6 Å². The molecule has 0 aromatic carbocycles. The number of amides is 2. The molecule has 0 saturated carbocycles.